The van der Waals surface area contributed by atoms with Gasteiger partial charge in [-0.3, -0.25) is 9.69 Å². The Morgan fingerprint density at radius 1 is 1.73 bits per heavy atom. The molecular formula is C11H16N2O2. The van der Waals surface area contributed by atoms with Crippen molar-refractivity contribution in [2.24, 2.45) is 0 Å². The lowest BCUT2D eigenvalue weighted by molar-refractivity contribution is 0.00194. The van der Waals surface area contributed by atoms with Crippen LogP contribution in [0.25, 0.3) is 0 Å². The van der Waals surface area contributed by atoms with Crippen molar-refractivity contribution in [3.63, 3.8) is 0 Å². The standard InChI is InChI=1S/C11H16N2O2/c1-9-8-15-6-5-13(9)7-11(14)10-3-2-4-12-10/h2-4,9,12H,5-8H2,1H3. The van der Waals surface area contributed by atoms with E-state index in [-0.39, 0.29) is 5.78 Å². The highest BCUT2D eigenvalue weighted by Crippen LogP contribution is 2.07. The van der Waals surface area contributed by atoms with Crippen LogP contribution in [0, 0.1) is 0 Å². The van der Waals surface area contributed by atoms with Crippen molar-refractivity contribution in [2.45, 2.75) is 13.0 Å². The van der Waals surface area contributed by atoms with E-state index in [9.17, 15) is 4.79 Å². The molecule has 1 aromatic rings. The Balaban J connectivity index is 1.93. The molecule has 1 aromatic heterocycles. The minimum absolute atomic E-state index is 0.147. The third kappa shape index (κ3) is 2.46. The monoisotopic (exact) mass is 208 g/mol. The van der Waals surface area contributed by atoms with E-state index in [4.69, 9.17) is 4.74 Å². The fraction of sp³-hybridized carbons (Fsp3) is 0.545. The number of rotatable bonds is 3. The summed E-state index contributed by atoms with van der Waals surface area (Å²) in [5, 5.41) is 0. The lowest BCUT2D eigenvalue weighted by Gasteiger charge is -2.32. The molecule has 2 rings (SSSR count). The summed E-state index contributed by atoms with van der Waals surface area (Å²) in [5.74, 6) is 0.147. The maximum absolute atomic E-state index is 11.8. The van der Waals surface area contributed by atoms with Crippen LogP contribution in [0.1, 0.15) is 17.4 Å². The number of hydrogen-bond acceptors (Lipinski definition) is 3. The lowest BCUT2D eigenvalue weighted by atomic mass is 10.2. The number of hydrogen-bond donors (Lipinski definition) is 1. The summed E-state index contributed by atoms with van der Waals surface area (Å²) in [6.45, 7) is 4.85. The molecule has 1 aliphatic heterocycles. The second-order valence-corrected chi connectivity index (χ2v) is 3.90. The van der Waals surface area contributed by atoms with Gasteiger partial charge in [-0.05, 0) is 19.1 Å². The van der Waals surface area contributed by atoms with E-state index in [0.29, 0.717) is 18.3 Å². The predicted molar refractivity (Wildman–Crippen MR) is 57.0 cm³/mol. The number of aromatic nitrogens is 1. The number of carbonyl (C=O) groups is 1. The van der Waals surface area contributed by atoms with E-state index in [1.54, 1.807) is 6.20 Å². The van der Waals surface area contributed by atoms with Gasteiger partial charge >= 0.3 is 0 Å². The summed E-state index contributed by atoms with van der Waals surface area (Å²) >= 11 is 0. The number of H-pyrrole nitrogens is 1. The quantitative estimate of drug-likeness (QED) is 0.751. The SMILES string of the molecule is CC1COCCN1CC(=O)c1ccc[nH]1. The van der Waals surface area contributed by atoms with Crippen molar-refractivity contribution in [2.75, 3.05) is 26.3 Å². The Kier molecular flexibility index (Phi) is 3.18. The number of morpholine rings is 1. The average molecular weight is 208 g/mol. The van der Waals surface area contributed by atoms with Gasteiger partial charge in [-0.15, -0.1) is 0 Å². The normalized spacial score (nSPS) is 22.9. The molecule has 0 amide bonds. The Bertz CT molecular complexity index is 321. The maximum Gasteiger partial charge on any atom is 0.192 e. The molecule has 15 heavy (non-hydrogen) atoms. The van der Waals surface area contributed by atoms with Crippen molar-refractivity contribution >= 4 is 5.78 Å². The van der Waals surface area contributed by atoms with Crippen molar-refractivity contribution in [3.05, 3.63) is 24.0 Å². The molecule has 1 N–H and O–H groups in total. The number of aromatic amines is 1. The van der Waals surface area contributed by atoms with Gasteiger partial charge in [0.05, 0.1) is 25.5 Å². The molecule has 4 heteroatoms. The first-order valence-corrected chi connectivity index (χ1v) is 5.26. The summed E-state index contributed by atoms with van der Waals surface area (Å²) in [6.07, 6.45) is 1.77. The highest BCUT2D eigenvalue weighted by atomic mass is 16.5. The van der Waals surface area contributed by atoms with Crippen LogP contribution in [0.15, 0.2) is 18.3 Å². The van der Waals surface area contributed by atoms with E-state index in [1.807, 2.05) is 12.1 Å². The van der Waals surface area contributed by atoms with E-state index < -0.39 is 0 Å². The predicted octanol–water partition coefficient (Wildman–Crippen LogP) is 0.918. The largest absolute Gasteiger partial charge is 0.379 e. The van der Waals surface area contributed by atoms with Crippen LogP contribution in [-0.2, 0) is 4.74 Å². The number of carbonyl (C=O) groups excluding carboxylic acids is 1. The molecule has 1 unspecified atom stereocenters. The molecule has 1 atom stereocenters. The van der Waals surface area contributed by atoms with E-state index >= 15 is 0 Å². The van der Waals surface area contributed by atoms with Crippen LogP contribution < -0.4 is 0 Å². The van der Waals surface area contributed by atoms with Gasteiger partial charge in [0.25, 0.3) is 0 Å². The number of ether oxygens (including phenoxy) is 1. The summed E-state index contributed by atoms with van der Waals surface area (Å²) < 4.78 is 5.32. The van der Waals surface area contributed by atoms with Crippen LogP contribution in [0.2, 0.25) is 0 Å². The fourth-order valence-electron chi connectivity index (χ4n) is 1.77. The molecule has 0 spiro atoms. The summed E-state index contributed by atoms with van der Waals surface area (Å²) in [5.41, 5.74) is 0.689. The molecule has 2 heterocycles. The van der Waals surface area contributed by atoms with Gasteiger partial charge in [0.2, 0.25) is 0 Å². The van der Waals surface area contributed by atoms with Gasteiger partial charge in [-0.2, -0.15) is 0 Å². The molecule has 1 fully saturated rings. The van der Waals surface area contributed by atoms with Crippen molar-refractivity contribution < 1.29 is 9.53 Å². The van der Waals surface area contributed by atoms with Crippen LogP contribution in [0.5, 0.6) is 0 Å². The van der Waals surface area contributed by atoms with Gasteiger partial charge in [-0.25, -0.2) is 0 Å². The van der Waals surface area contributed by atoms with E-state index in [1.165, 1.54) is 0 Å². The second kappa shape index (κ2) is 4.59. The van der Waals surface area contributed by atoms with Gasteiger partial charge < -0.3 is 9.72 Å². The fourth-order valence-corrected chi connectivity index (χ4v) is 1.77. The summed E-state index contributed by atoms with van der Waals surface area (Å²) in [4.78, 5) is 16.9. The number of Topliss-reactive ketones (excluding diaryl/α,β-unsaturated/α-hetero) is 1. The Hall–Kier alpha value is -1.13. The van der Waals surface area contributed by atoms with Crippen LogP contribution in [0.4, 0.5) is 0 Å². The van der Waals surface area contributed by atoms with Crippen molar-refractivity contribution in [1.29, 1.82) is 0 Å². The highest BCUT2D eigenvalue weighted by Gasteiger charge is 2.21. The first-order chi connectivity index (χ1) is 7.27. The van der Waals surface area contributed by atoms with Crippen molar-refractivity contribution in [1.82, 2.24) is 9.88 Å². The third-order valence-electron chi connectivity index (χ3n) is 2.75. The molecule has 1 aliphatic rings. The van der Waals surface area contributed by atoms with Gasteiger partial charge in [0.1, 0.15) is 0 Å². The number of nitrogens with zero attached hydrogens (tertiary/aromatic N) is 1. The molecule has 0 bridgehead atoms. The molecule has 0 aromatic carbocycles. The maximum atomic E-state index is 11.8. The lowest BCUT2D eigenvalue weighted by Crippen LogP contribution is -2.46. The van der Waals surface area contributed by atoms with Gasteiger partial charge in [-0.1, -0.05) is 0 Å². The van der Waals surface area contributed by atoms with Crippen LogP contribution in [-0.4, -0.2) is 48.0 Å². The van der Waals surface area contributed by atoms with Crippen LogP contribution >= 0.6 is 0 Å². The van der Waals surface area contributed by atoms with E-state index in [2.05, 4.69) is 16.8 Å². The Labute approximate surface area is 89.2 Å². The molecule has 0 saturated carbocycles. The Morgan fingerprint density at radius 2 is 2.60 bits per heavy atom. The molecule has 1 saturated heterocycles. The zero-order valence-electron chi connectivity index (χ0n) is 8.90. The second-order valence-electron chi connectivity index (χ2n) is 3.90. The van der Waals surface area contributed by atoms with Gasteiger partial charge in [0, 0.05) is 18.8 Å². The minimum Gasteiger partial charge on any atom is -0.379 e. The Morgan fingerprint density at radius 3 is 3.27 bits per heavy atom. The van der Waals surface area contributed by atoms with E-state index in [0.717, 1.165) is 19.8 Å². The third-order valence-corrected chi connectivity index (χ3v) is 2.75. The number of ketones is 1. The molecule has 82 valence electrons. The number of nitrogens with one attached hydrogen (secondary N) is 1. The average Bonchev–Trinajstić information content (AvgIpc) is 2.74. The topological polar surface area (TPSA) is 45.3 Å². The van der Waals surface area contributed by atoms with Crippen molar-refractivity contribution in [3.8, 4) is 0 Å². The summed E-state index contributed by atoms with van der Waals surface area (Å²) in [6, 6.07) is 3.99. The molecular weight excluding hydrogens is 192 g/mol. The van der Waals surface area contributed by atoms with Gasteiger partial charge in [0.15, 0.2) is 5.78 Å². The zero-order valence-corrected chi connectivity index (χ0v) is 8.90. The molecule has 0 radical (unpaired) electrons. The molecule has 0 aliphatic carbocycles. The zero-order chi connectivity index (χ0) is 10.7. The first kappa shape index (κ1) is 10.4. The van der Waals surface area contributed by atoms with Crippen LogP contribution in [0.3, 0.4) is 0 Å². The summed E-state index contributed by atoms with van der Waals surface area (Å²) in [7, 11) is 0. The minimum atomic E-state index is 0.147. The molecule has 4 nitrogen and oxygen atoms in total. The smallest absolute Gasteiger partial charge is 0.192 e. The first-order valence-electron chi connectivity index (χ1n) is 5.26. The highest BCUT2D eigenvalue weighted by molar-refractivity contribution is 5.95.